The molecule has 0 saturated heterocycles. The number of thiazole rings is 1. The molecule has 170 valence electrons. The number of anilines is 2. The number of amides is 2. The van der Waals surface area contributed by atoms with Gasteiger partial charge >= 0.3 is 0 Å². The van der Waals surface area contributed by atoms with Crippen molar-refractivity contribution in [1.29, 1.82) is 0 Å². The highest BCUT2D eigenvalue weighted by atomic mass is 32.1. The summed E-state index contributed by atoms with van der Waals surface area (Å²) in [6.07, 6.45) is 3.43. The average molecular weight is 489 g/mol. The van der Waals surface area contributed by atoms with Crippen LogP contribution in [0.3, 0.4) is 0 Å². The number of thiophene rings is 1. The molecule has 5 rings (SSSR count). The van der Waals surface area contributed by atoms with Gasteiger partial charge in [-0.25, -0.2) is 4.98 Å². The third-order valence-corrected chi connectivity index (χ3v) is 7.07. The molecule has 4 aromatic heterocycles. The van der Waals surface area contributed by atoms with E-state index in [1.54, 1.807) is 47.4 Å². The first-order valence-corrected chi connectivity index (χ1v) is 12.3. The molecule has 0 aliphatic rings. The van der Waals surface area contributed by atoms with Crippen molar-refractivity contribution in [2.45, 2.75) is 6.42 Å². The van der Waals surface area contributed by atoms with Gasteiger partial charge in [-0.15, -0.1) is 22.7 Å². The molecule has 0 atom stereocenters. The summed E-state index contributed by atoms with van der Waals surface area (Å²) in [5.41, 5.74) is 2.18. The summed E-state index contributed by atoms with van der Waals surface area (Å²) in [7, 11) is 1.71. The Bertz CT molecular complexity index is 1390. The van der Waals surface area contributed by atoms with Gasteiger partial charge in [-0.05, 0) is 35.7 Å². The van der Waals surface area contributed by atoms with Gasteiger partial charge in [0.25, 0.3) is 5.91 Å². The van der Waals surface area contributed by atoms with Gasteiger partial charge in [0.2, 0.25) is 5.91 Å². The van der Waals surface area contributed by atoms with E-state index in [9.17, 15) is 9.59 Å². The van der Waals surface area contributed by atoms with Crippen LogP contribution < -0.4 is 9.80 Å². The Labute approximate surface area is 203 Å². The molecule has 2 amide bonds. The molecule has 0 N–H and O–H groups in total. The predicted octanol–water partition coefficient (Wildman–Crippen LogP) is 5.71. The van der Waals surface area contributed by atoms with E-state index in [2.05, 4.69) is 9.97 Å². The molecule has 4 heterocycles. The molecule has 0 saturated carbocycles. The number of rotatable bonds is 7. The number of carbonyl (C=O) groups is 2. The molecule has 0 aliphatic heterocycles. The third kappa shape index (κ3) is 4.48. The van der Waals surface area contributed by atoms with Crippen molar-refractivity contribution in [3.05, 3.63) is 82.6 Å². The Hall–Kier alpha value is -3.82. The van der Waals surface area contributed by atoms with Crippen LogP contribution in [0.4, 0.5) is 10.8 Å². The number of pyridine rings is 1. The zero-order valence-electron chi connectivity index (χ0n) is 18.2. The number of carbonyl (C=O) groups excluding carboxylic acids is 2. The molecule has 0 bridgehead atoms. The van der Waals surface area contributed by atoms with Gasteiger partial charge in [-0.1, -0.05) is 24.3 Å². The van der Waals surface area contributed by atoms with Crippen molar-refractivity contribution >= 4 is 56.3 Å². The molecule has 7 nitrogen and oxygen atoms in total. The molecular weight excluding hydrogens is 468 g/mol. The second-order valence-corrected chi connectivity index (χ2v) is 9.29. The second-order valence-electron chi connectivity index (χ2n) is 7.51. The topological polar surface area (TPSA) is 79.5 Å². The Kier molecular flexibility index (Phi) is 6.20. The summed E-state index contributed by atoms with van der Waals surface area (Å²) in [4.78, 5) is 38.6. The summed E-state index contributed by atoms with van der Waals surface area (Å²) in [6, 6.07) is 16.8. The van der Waals surface area contributed by atoms with Gasteiger partial charge in [0.05, 0.1) is 4.88 Å². The van der Waals surface area contributed by atoms with Crippen LogP contribution >= 0.6 is 22.7 Å². The van der Waals surface area contributed by atoms with Crippen LogP contribution in [0.5, 0.6) is 0 Å². The summed E-state index contributed by atoms with van der Waals surface area (Å²) in [5.74, 6) is 0.352. The number of furan rings is 1. The summed E-state index contributed by atoms with van der Waals surface area (Å²) < 4.78 is 5.94. The Morgan fingerprint density at radius 3 is 2.62 bits per heavy atom. The lowest BCUT2D eigenvalue weighted by Gasteiger charge is -2.22. The largest absolute Gasteiger partial charge is 0.454 e. The van der Waals surface area contributed by atoms with E-state index in [1.807, 2.05) is 47.2 Å². The minimum Gasteiger partial charge on any atom is -0.454 e. The molecule has 0 radical (unpaired) electrons. The number of fused-ring (bicyclic) bond motifs is 1. The van der Waals surface area contributed by atoms with E-state index < -0.39 is 0 Å². The lowest BCUT2D eigenvalue weighted by atomic mass is 10.2. The van der Waals surface area contributed by atoms with E-state index in [4.69, 9.17) is 4.42 Å². The molecule has 9 heteroatoms. The van der Waals surface area contributed by atoms with E-state index in [1.165, 1.54) is 22.7 Å². The van der Waals surface area contributed by atoms with Gasteiger partial charge in [-0.3, -0.25) is 19.5 Å². The lowest BCUT2D eigenvalue weighted by molar-refractivity contribution is -0.118. The van der Waals surface area contributed by atoms with E-state index in [0.717, 1.165) is 16.7 Å². The van der Waals surface area contributed by atoms with Crippen LogP contribution in [0.2, 0.25) is 0 Å². The van der Waals surface area contributed by atoms with Crippen LogP contribution in [0.15, 0.2) is 82.2 Å². The van der Waals surface area contributed by atoms with Gasteiger partial charge in [0, 0.05) is 48.9 Å². The monoisotopic (exact) mass is 488 g/mol. The summed E-state index contributed by atoms with van der Waals surface area (Å²) in [6.45, 7) is 0.206. The maximum Gasteiger partial charge on any atom is 0.270 e. The first-order valence-electron chi connectivity index (χ1n) is 10.6. The van der Waals surface area contributed by atoms with E-state index in [0.29, 0.717) is 21.5 Å². The van der Waals surface area contributed by atoms with Crippen molar-refractivity contribution in [3.8, 4) is 11.5 Å². The first-order chi connectivity index (χ1) is 16.6. The van der Waals surface area contributed by atoms with Crippen molar-refractivity contribution in [2.75, 3.05) is 23.4 Å². The molecule has 0 spiro atoms. The van der Waals surface area contributed by atoms with Gasteiger partial charge < -0.3 is 9.32 Å². The fourth-order valence-electron chi connectivity index (χ4n) is 3.51. The Morgan fingerprint density at radius 1 is 1.03 bits per heavy atom. The van der Waals surface area contributed by atoms with Gasteiger partial charge in [-0.2, -0.15) is 0 Å². The highest BCUT2D eigenvalue weighted by Gasteiger charge is 2.24. The lowest BCUT2D eigenvalue weighted by Crippen LogP contribution is -2.35. The highest BCUT2D eigenvalue weighted by Crippen LogP contribution is 2.32. The maximum absolute atomic E-state index is 13.3. The van der Waals surface area contributed by atoms with Crippen LogP contribution in [0, 0.1) is 0 Å². The zero-order valence-corrected chi connectivity index (χ0v) is 19.9. The van der Waals surface area contributed by atoms with Crippen molar-refractivity contribution in [3.63, 3.8) is 0 Å². The van der Waals surface area contributed by atoms with Crippen LogP contribution in [-0.4, -0.2) is 35.4 Å². The van der Waals surface area contributed by atoms with Crippen LogP contribution in [0.25, 0.3) is 22.4 Å². The number of benzene rings is 1. The number of hydrogen-bond donors (Lipinski definition) is 0. The SMILES string of the molecule is CN(C(=O)CCN(C(=O)c1cccs1)c1nc(-c2cc3ccccc3o2)cs1)c1ccncc1. The van der Waals surface area contributed by atoms with Crippen molar-refractivity contribution in [1.82, 2.24) is 9.97 Å². The standard InChI is InChI=1S/C25H20N4O3S2/c1-28(18-8-11-26-12-9-18)23(30)10-13-29(24(31)22-7-4-14-33-22)25-27-19(16-34-25)21-15-17-5-2-3-6-20(17)32-21/h2-9,11-12,14-16H,10,13H2,1H3. The number of aromatic nitrogens is 2. The van der Waals surface area contributed by atoms with Gasteiger partial charge in [0.15, 0.2) is 10.9 Å². The highest BCUT2D eigenvalue weighted by molar-refractivity contribution is 7.14. The minimum absolute atomic E-state index is 0.107. The summed E-state index contributed by atoms with van der Waals surface area (Å²) in [5, 5.41) is 5.24. The molecule has 0 unspecified atom stereocenters. The minimum atomic E-state index is -0.181. The molecular formula is C25H20N4O3S2. The average Bonchev–Trinajstić information content (AvgIpc) is 3.64. The van der Waals surface area contributed by atoms with Crippen molar-refractivity contribution in [2.24, 2.45) is 0 Å². The normalized spacial score (nSPS) is 11.0. The van der Waals surface area contributed by atoms with Crippen LogP contribution in [0.1, 0.15) is 16.1 Å². The Balaban J connectivity index is 1.39. The third-order valence-electron chi connectivity index (χ3n) is 5.35. The van der Waals surface area contributed by atoms with Crippen LogP contribution in [-0.2, 0) is 4.79 Å². The molecule has 5 aromatic rings. The second kappa shape index (κ2) is 9.58. The molecule has 0 aliphatic carbocycles. The molecule has 34 heavy (non-hydrogen) atoms. The fraction of sp³-hybridized carbons (Fsp3) is 0.120. The maximum atomic E-state index is 13.3. The predicted molar refractivity (Wildman–Crippen MR) is 136 cm³/mol. The quantitative estimate of drug-likeness (QED) is 0.293. The summed E-state index contributed by atoms with van der Waals surface area (Å²) >= 11 is 2.71. The van der Waals surface area contributed by atoms with Crippen molar-refractivity contribution < 1.29 is 14.0 Å². The Morgan fingerprint density at radius 2 is 1.85 bits per heavy atom. The van der Waals surface area contributed by atoms with Gasteiger partial charge in [0.1, 0.15) is 11.3 Å². The number of para-hydroxylation sites is 1. The number of nitrogens with zero attached hydrogens (tertiary/aromatic N) is 4. The molecule has 1 aromatic carbocycles. The number of hydrogen-bond acceptors (Lipinski definition) is 7. The first kappa shape index (κ1) is 22.0. The molecule has 0 fully saturated rings. The van der Waals surface area contributed by atoms with E-state index in [-0.39, 0.29) is 24.8 Å². The zero-order chi connectivity index (χ0) is 23.5. The fourth-order valence-corrected chi connectivity index (χ4v) is 5.02. The smallest absolute Gasteiger partial charge is 0.270 e. The van der Waals surface area contributed by atoms with E-state index >= 15 is 0 Å².